The van der Waals surface area contributed by atoms with Gasteiger partial charge in [-0.25, -0.2) is 0 Å². The predicted molar refractivity (Wildman–Crippen MR) is 71.8 cm³/mol. The Morgan fingerprint density at radius 1 is 1.26 bits per heavy atom. The fourth-order valence-corrected chi connectivity index (χ4v) is 2.35. The summed E-state index contributed by atoms with van der Waals surface area (Å²) in [4.78, 5) is 28.6. The summed E-state index contributed by atoms with van der Waals surface area (Å²) in [6.07, 6.45) is 2.64. The Balaban J connectivity index is 1.87. The molecule has 0 saturated carbocycles. The molecule has 1 saturated heterocycles. The molecule has 0 aliphatic carbocycles. The van der Waals surface area contributed by atoms with Crippen LogP contribution in [0.15, 0.2) is 30.5 Å². The third kappa shape index (κ3) is 2.31. The van der Waals surface area contributed by atoms with Crippen LogP contribution in [0.4, 0.5) is 0 Å². The SMILES string of the molecule is O=C1CN(C(=O)c2ccc3[nH]ccc3c2)CCCN1. The lowest BCUT2D eigenvalue weighted by Crippen LogP contribution is -2.37. The molecule has 1 aromatic carbocycles. The van der Waals surface area contributed by atoms with Crippen molar-refractivity contribution in [1.29, 1.82) is 0 Å². The molecule has 0 bridgehead atoms. The Labute approximate surface area is 110 Å². The zero-order valence-corrected chi connectivity index (χ0v) is 10.5. The van der Waals surface area contributed by atoms with Crippen LogP contribution in [0.25, 0.3) is 10.9 Å². The molecule has 0 spiro atoms. The van der Waals surface area contributed by atoms with Crippen LogP contribution >= 0.6 is 0 Å². The number of hydrogen-bond donors (Lipinski definition) is 2. The number of H-pyrrole nitrogens is 1. The van der Waals surface area contributed by atoms with E-state index in [1.165, 1.54) is 0 Å². The lowest BCUT2D eigenvalue weighted by Gasteiger charge is -2.19. The van der Waals surface area contributed by atoms with Gasteiger partial charge >= 0.3 is 0 Å². The molecule has 2 heterocycles. The first-order valence-corrected chi connectivity index (χ1v) is 6.37. The molecular weight excluding hydrogens is 242 g/mol. The lowest BCUT2D eigenvalue weighted by atomic mass is 10.1. The van der Waals surface area contributed by atoms with Gasteiger partial charge in [-0.3, -0.25) is 9.59 Å². The second-order valence-electron chi connectivity index (χ2n) is 4.71. The van der Waals surface area contributed by atoms with Crippen molar-refractivity contribution in [3.05, 3.63) is 36.0 Å². The van der Waals surface area contributed by atoms with Crippen molar-refractivity contribution in [3.8, 4) is 0 Å². The van der Waals surface area contributed by atoms with Gasteiger partial charge in [-0.15, -0.1) is 0 Å². The molecule has 98 valence electrons. The van der Waals surface area contributed by atoms with Crippen molar-refractivity contribution < 1.29 is 9.59 Å². The average molecular weight is 257 g/mol. The minimum atomic E-state index is -0.0893. The third-order valence-corrected chi connectivity index (χ3v) is 3.35. The van der Waals surface area contributed by atoms with E-state index < -0.39 is 0 Å². The molecular formula is C14H15N3O2. The minimum Gasteiger partial charge on any atom is -0.361 e. The van der Waals surface area contributed by atoms with Crippen molar-refractivity contribution in [2.45, 2.75) is 6.42 Å². The highest BCUT2D eigenvalue weighted by Gasteiger charge is 2.21. The van der Waals surface area contributed by atoms with E-state index in [9.17, 15) is 9.59 Å². The molecule has 1 fully saturated rings. The molecule has 0 unspecified atom stereocenters. The van der Waals surface area contributed by atoms with Gasteiger partial charge in [-0.05, 0) is 30.7 Å². The molecule has 5 heteroatoms. The quantitative estimate of drug-likeness (QED) is 0.804. The van der Waals surface area contributed by atoms with Crippen molar-refractivity contribution in [1.82, 2.24) is 15.2 Å². The highest BCUT2D eigenvalue weighted by atomic mass is 16.2. The maximum absolute atomic E-state index is 12.4. The summed E-state index contributed by atoms with van der Waals surface area (Å²) in [5.41, 5.74) is 1.63. The van der Waals surface area contributed by atoms with Gasteiger partial charge in [0.1, 0.15) is 0 Å². The van der Waals surface area contributed by atoms with E-state index in [1.807, 2.05) is 24.4 Å². The van der Waals surface area contributed by atoms with Crippen LogP contribution in [0.5, 0.6) is 0 Å². The molecule has 2 aromatic rings. The maximum Gasteiger partial charge on any atom is 0.254 e. The van der Waals surface area contributed by atoms with Crippen LogP contribution in [0.1, 0.15) is 16.8 Å². The zero-order chi connectivity index (χ0) is 13.2. The first-order valence-electron chi connectivity index (χ1n) is 6.37. The van der Waals surface area contributed by atoms with Crippen LogP contribution in [-0.4, -0.2) is 41.3 Å². The average Bonchev–Trinajstić information content (AvgIpc) is 2.78. The Kier molecular flexibility index (Phi) is 2.95. The zero-order valence-electron chi connectivity index (χ0n) is 10.5. The molecule has 3 rings (SSSR count). The fraction of sp³-hybridized carbons (Fsp3) is 0.286. The maximum atomic E-state index is 12.4. The van der Waals surface area contributed by atoms with Gasteiger partial charge in [0.25, 0.3) is 5.91 Å². The van der Waals surface area contributed by atoms with E-state index in [4.69, 9.17) is 0 Å². The lowest BCUT2D eigenvalue weighted by molar-refractivity contribution is -0.121. The molecule has 5 nitrogen and oxygen atoms in total. The number of carbonyl (C=O) groups is 2. The summed E-state index contributed by atoms with van der Waals surface area (Å²) in [7, 11) is 0. The number of fused-ring (bicyclic) bond motifs is 1. The van der Waals surface area contributed by atoms with E-state index in [1.54, 1.807) is 11.0 Å². The monoisotopic (exact) mass is 257 g/mol. The van der Waals surface area contributed by atoms with Crippen LogP contribution in [-0.2, 0) is 4.79 Å². The largest absolute Gasteiger partial charge is 0.361 e. The summed E-state index contributed by atoms with van der Waals surface area (Å²) in [5, 5.41) is 3.77. The number of rotatable bonds is 1. The second-order valence-corrected chi connectivity index (χ2v) is 4.71. The van der Waals surface area contributed by atoms with Gasteiger partial charge in [0.2, 0.25) is 5.91 Å². The standard InChI is InChI=1S/C14H15N3O2/c18-13-9-17(7-1-5-16-13)14(19)11-2-3-12-10(8-11)4-6-15-12/h2-4,6,8,15H,1,5,7,9H2,(H,16,18). The molecule has 1 aliphatic heterocycles. The van der Waals surface area contributed by atoms with E-state index in [2.05, 4.69) is 10.3 Å². The third-order valence-electron chi connectivity index (χ3n) is 3.35. The number of hydrogen-bond acceptors (Lipinski definition) is 2. The van der Waals surface area contributed by atoms with E-state index >= 15 is 0 Å². The summed E-state index contributed by atoms with van der Waals surface area (Å²) in [6, 6.07) is 7.47. The summed E-state index contributed by atoms with van der Waals surface area (Å²) in [5.74, 6) is -0.172. The Morgan fingerprint density at radius 2 is 2.16 bits per heavy atom. The Morgan fingerprint density at radius 3 is 3.05 bits per heavy atom. The van der Waals surface area contributed by atoms with Crippen molar-refractivity contribution in [3.63, 3.8) is 0 Å². The van der Waals surface area contributed by atoms with Gasteiger partial charge < -0.3 is 15.2 Å². The molecule has 0 radical (unpaired) electrons. The van der Waals surface area contributed by atoms with E-state index in [0.29, 0.717) is 18.7 Å². The molecule has 2 amide bonds. The Bertz CT molecular complexity index is 632. The fourth-order valence-electron chi connectivity index (χ4n) is 2.35. The molecule has 1 aromatic heterocycles. The Hall–Kier alpha value is -2.30. The number of nitrogens with zero attached hydrogens (tertiary/aromatic N) is 1. The first-order chi connectivity index (χ1) is 9.24. The van der Waals surface area contributed by atoms with E-state index in [0.717, 1.165) is 17.3 Å². The van der Waals surface area contributed by atoms with Crippen LogP contribution in [0.3, 0.4) is 0 Å². The normalized spacial score (nSPS) is 16.2. The molecule has 19 heavy (non-hydrogen) atoms. The highest BCUT2D eigenvalue weighted by Crippen LogP contribution is 2.16. The highest BCUT2D eigenvalue weighted by molar-refractivity contribution is 5.99. The molecule has 2 N–H and O–H groups in total. The number of nitrogens with one attached hydrogen (secondary N) is 2. The second kappa shape index (κ2) is 4.76. The van der Waals surface area contributed by atoms with Gasteiger partial charge in [0, 0.05) is 35.8 Å². The van der Waals surface area contributed by atoms with Gasteiger partial charge in [-0.1, -0.05) is 0 Å². The van der Waals surface area contributed by atoms with Crippen molar-refractivity contribution >= 4 is 22.7 Å². The minimum absolute atomic E-state index is 0.0832. The predicted octanol–water partition coefficient (Wildman–Crippen LogP) is 1.13. The smallest absolute Gasteiger partial charge is 0.254 e. The molecule has 1 aliphatic rings. The number of aromatic amines is 1. The van der Waals surface area contributed by atoms with Crippen LogP contribution in [0.2, 0.25) is 0 Å². The van der Waals surface area contributed by atoms with Crippen molar-refractivity contribution in [2.24, 2.45) is 0 Å². The van der Waals surface area contributed by atoms with Gasteiger partial charge in [-0.2, -0.15) is 0 Å². The van der Waals surface area contributed by atoms with Gasteiger partial charge in [0.15, 0.2) is 0 Å². The van der Waals surface area contributed by atoms with Crippen LogP contribution in [0, 0.1) is 0 Å². The van der Waals surface area contributed by atoms with E-state index in [-0.39, 0.29) is 18.4 Å². The molecule has 0 atom stereocenters. The summed E-state index contributed by atoms with van der Waals surface area (Å²) < 4.78 is 0. The number of carbonyl (C=O) groups excluding carboxylic acids is 2. The summed E-state index contributed by atoms with van der Waals surface area (Å²) >= 11 is 0. The van der Waals surface area contributed by atoms with Crippen molar-refractivity contribution in [2.75, 3.05) is 19.6 Å². The topological polar surface area (TPSA) is 65.2 Å². The number of aromatic nitrogens is 1. The van der Waals surface area contributed by atoms with Crippen LogP contribution < -0.4 is 5.32 Å². The number of amides is 2. The van der Waals surface area contributed by atoms with Gasteiger partial charge in [0.05, 0.1) is 6.54 Å². The summed E-state index contributed by atoms with van der Waals surface area (Å²) in [6.45, 7) is 1.40. The first kappa shape index (κ1) is 11.8. The number of benzene rings is 1.